The van der Waals surface area contributed by atoms with Gasteiger partial charge in [-0.2, -0.15) is 0 Å². The summed E-state index contributed by atoms with van der Waals surface area (Å²) < 4.78 is 4.53. The highest BCUT2D eigenvalue weighted by molar-refractivity contribution is 6.09. The van der Waals surface area contributed by atoms with Crippen LogP contribution in [0.5, 0.6) is 0 Å². The lowest BCUT2D eigenvalue weighted by Crippen LogP contribution is -2.10. The molecule has 6 rings (SSSR count). The minimum Gasteiger partial charge on any atom is -0.378 e. The van der Waals surface area contributed by atoms with Crippen molar-refractivity contribution in [1.29, 1.82) is 0 Å². The number of fused-ring (bicyclic) bond motifs is 4. The Bertz CT molecular complexity index is 1520. The summed E-state index contributed by atoms with van der Waals surface area (Å²) in [6.07, 6.45) is 1.91. The van der Waals surface area contributed by atoms with Crippen molar-refractivity contribution in [3.63, 3.8) is 0 Å². The predicted octanol–water partition coefficient (Wildman–Crippen LogP) is 6.19. The average molecular weight is 403 g/mol. The van der Waals surface area contributed by atoms with Crippen LogP contribution in [-0.4, -0.2) is 28.2 Å². The highest BCUT2D eigenvalue weighted by Crippen LogP contribution is 2.34. The second kappa shape index (κ2) is 6.74. The molecule has 0 amide bonds. The average Bonchev–Trinajstić information content (AvgIpc) is 3.38. The van der Waals surface area contributed by atoms with Gasteiger partial charge >= 0.3 is 0 Å². The topological polar surface area (TPSA) is 26.0 Å². The fourth-order valence-corrected chi connectivity index (χ4v) is 4.47. The number of hydrogen-bond acceptors (Lipinski definition) is 2. The van der Waals surface area contributed by atoms with Crippen LogP contribution < -0.4 is 4.90 Å². The van der Waals surface area contributed by atoms with Crippen LogP contribution in [-0.2, 0) is 0 Å². The summed E-state index contributed by atoms with van der Waals surface area (Å²) in [4.78, 5) is 6.76. The van der Waals surface area contributed by atoms with Crippen LogP contribution in [0.25, 0.3) is 44.2 Å². The number of anilines is 1. The first kappa shape index (κ1) is 17.8. The Kier molecular flexibility index (Phi) is 3.87. The number of rotatable bonds is 3. The van der Waals surface area contributed by atoms with Crippen LogP contribution in [0.4, 0.5) is 5.69 Å². The van der Waals surface area contributed by atoms with Crippen molar-refractivity contribution >= 4 is 38.5 Å². The van der Waals surface area contributed by atoms with E-state index in [1.54, 1.807) is 0 Å². The number of benzene rings is 4. The van der Waals surface area contributed by atoms with Crippen LogP contribution in [0.1, 0.15) is 0 Å². The smallest absolute Gasteiger partial charge is 0.100 e. The predicted molar refractivity (Wildman–Crippen MR) is 130 cm³/mol. The summed E-state index contributed by atoms with van der Waals surface area (Å²) in [5.74, 6) is 0. The number of imidazole rings is 1. The van der Waals surface area contributed by atoms with Crippen molar-refractivity contribution in [2.24, 2.45) is 0 Å². The van der Waals surface area contributed by atoms with Crippen LogP contribution >= 0.6 is 0 Å². The molecule has 150 valence electrons. The van der Waals surface area contributed by atoms with Gasteiger partial charge in [0.2, 0.25) is 0 Å². The Hall–Kier alpha value is -4.05. The Morgan fingerprint density at radius 2 is 1.23 bits per heavy atom. The lowest BCUT2D eigenvalue weighted by molar-refractivity contribution is 1.06. The summed E-state index contributed by atoms with van der Waals surface area (Å²) in [6.45, 7) is 0. The molecule has 0 bridgehead atoms. The summed E-state index contributed by atoms with van der Waals surface area (Å²) in [5.41, 5.74) is 7.89. The molecule has 0 spiro atoms. The molecule has 0 aliphatic carbocycles. The lowest BCUT2D eigenvalue weighted by Gasteiger charge is -2.18. The zero-order valence-electron chi connectivity index (χ0n) is 17.5. The summed E-state index contributed by atoms with van der Waals surface area (Å²) >= 11 is 0. The van der Waals surface area contributed by atoms with Gasteiger partial charge in [-0.3, -0.25) is 4.57 Å². The molecule has 6 aromatic rings. The Morgan fingerprint density at radius 3 is 1.90 bits per heavy atom. The number of aromatic nitrogens is 3. The zero-order chi connectivity index (χ0) is 20.9. The van der Waals surface area contributed by atoms with Gasteiger partial charge in [-0.05, 0) is 42.5 Å². The maximum absolute atomic E-state index is 4.60. The van der Waals surface area contributed by atoms with Crippen molar-refractivity contribution < 1.29 is 0 Å². The van der Waals surface area contributed by atoms with E-state index >= 15 is 0 Å². The van der Waals surface area contributed by atoms with Gasteiger partial charge in [0.05, 0.1) is 33.4 Å². The molecule has 31 heavy (non-hydrogen) atoms. The maximum Gasteiger partial charge on any atom is 0.100 e. The van der Waals surface area contributed by atoms with E-state index in [2.05, 4.69) is 118 Å². The van der Waals surface area contributed by atoms with Crippen LogP contribution in [0, 0.1) is 0 Å². The van der Waals surface area contributed by atoms with E-state index < -0.39 is 0 Å². The molecule has 2 aromatic heterocycles. The minimum absolute atomic E-state index is 0.996. The molecular weight excluding hydrogens is 380 g/mol. The third-order valence-corrected chi connectivity index (χ3v) is 5.97. The van der Waals surface area contributed by atoms with Crippen molar-refractivity contribution in [3.8, 4) is 11.4 Å². The first-order valence-corrected chi connectivity index (χ1v) is 10.4. The second-order valence-corrected chi connectivity index (χ2v) is 8.08. The number of hydrogen-bond donors (Lipinski definition) is 0. The molecule has 4 aromatic carbocycles. The maximum atomic E-state index is 4.60. The van der Waals surface area contributed by atoms with Gasteiger partial charge in [-0.25, -0.2) is 4.98 Å². The Labute approximate surface area is 180 Å². The largest absolute Gasteiger partial charge is 0.378 e. The molecule has 0 aliphatic rings. The van der Waals surface area contributed by atoms with E-state index in [1.807, 2.05) is 12.4 Å². The van der Waals surface area contributed by atoms with E-state index in [9.17, 15) is 0 Å². The van der Waals surface area contributed by atoms with Gasteiger partial charge in [0.1, 0.15) is 6.33 Å². The van der Waals surface area contributed by atoms with E-state index in [0.717, 1.165) is 28.1 Å². The summed E-state index contributed by atoms with van der Waals surface area (Å²) in [6, 6.07) is 32.2. The molecule has 2 heterocycles. The Balaban J connectivity index is 1.69. The van der Waals surface area contributed by atoms with Gasteiger partial charge < -0.3 is 9.47 Å². The van der Waals surface area contributed by atoms with E-state index in [4.69, 9.17) is 0 Å². The molecule has 4 nitrogen and oxygen atoms in total. The van der Waals surface area contributed by atoms with Crippen molar-refractivity contribution in [2.75, 3.05) is 19.0 Å². The van der Waals surface area contributed by atoms with Gasteiger partial charge in [0.15, 0.2) is 0 Å². The molecule has 0 radical (unpaired) electrons. The highest BCUT2D eigenvalue weighted by atomic mass is 15.1. The zero-order valence-corrected chi connectivity index (χ0v) is 17.5. The van der Waals surface area contributed by atoms with Crippen LogP contribution in [0.3, 0.4) is 0 Å². The first-order chi connectivity index (χ1) is 15.2. The molecule has 0 unspecified atom stereocenters. The number of nitrogens with zero attached hydrogens (tertiary/aromatic N) is 4. The van der Waals surface area contributed by atoms with E-state index in [-0.39, 0.29) is 0 Å². The van der Waals surface area contributed by atoms with Crippen molar-refractivity contribution in [3.05, 3.63) is 97.3 Å². The summed E-state index contributed by atoms with van der Waals surface area (Å²) in [7, 11) is 4.17. The Morgan fingerprint density at radius 1 is 0.645 bits per heavy atom. The fraction of sp³-hybridized carbons (Fsp3) is 0.0741. The quantitative estimate of drug-likeness (QED) is 0.353. The third kappa shape index (κ3) is 2.72. The van der Waals surface area contributed by atoms with Crippen molar-refractivity contribution in [1.82, 2.24) is 14.1 Å². The normalized spacial score (nSPS) is 11.5. The van der Waals surface area contributed by atoms with E-state index in [0.29, 0.717) is 0 Å². The molecule has 0 saturated heterocycles. The lowest BCUT2D eigenvalue weighted by atomic mass is 10.2. The van der Waals surface area contributed by atoms with Gasteiger partial charge in [0, 0.05) is 30.6 Å². The molecular formula is C27H22N4. The first-order valence-electron chi connectivity index (χ1n) is 10.4. The minimum atomic E-state index is 0.996. The van der Waals surface area contributed by atoms with Gasteiger partial charge in [-0.15, -0.1) is 0 Å². The van der Waals surface area contributed by atoms with Gasteiger partial charge in [0.25, 0.3) is 0 Å². The monoisotopic (exact) mass is 402 g/mol. The molecule has 0 aliphatic heterocycles. The third-order valence-electron chi connectivity index (χ3n) is 5.97. The summed E-state index contributed by atoms with van der Waals surface area (Å²) in [5, 5.41) is 2.53. The second-order valence-electron chi connectivity index (χ2n) is 8.08. The van der Waals surface area contributed by atoms with Crippen molar-refractivity contribution in [2.45, 2.75) is 0 Å². The van der Waals surface area contributed by atoms with Crippen LogP contribution in [0.15, 0.2) is 97.3 Å². The fourth-order valence-electron chi connectivity index (χ4n) is 4.47. The molecule has 0 atom stereocenters. The highest BCUT2D eigenvalue weighted by Gasteiger charge is 2.14. The molecule has 4 heteroatoms. The molecule has 0 fully saturated rings. The molecule has 0 N–H and O–H groups in total. The standard InChI is InChI=1S/C27H22N4/c1-29(2)19-15-20(30-18-28-24-11-5-8-14-27(24)30)17-21(16-19)31-25-12-6-3-9-22(25)23-10-4-7-13-26(23)31/h3-18H,1-2H3. The van der Waals surface area contributed by atoms with Gasteiger partial charge in [-0.1, -0.05) is 48.5 Å². The van der Waals surface area contributed by atoms with Crippen LogP contribution in [0.2, 0.25) is 0 Å². The van der Waals surface area contributed by atoms with E-state index in [1.165, 1.54) is 21.8 Å². The number of para-hydroxylation sites is 4. The SMILES string of the molecule is CN(C)c1cc(-n2cnc3ccccc32)cc(-n2c3ccccc3c3ccccc32)c1. The molecule has 0 saturated carbocycles.